The fourth-order valence-corrected chi connectivity index (χ4v) is 5.51. The Balaban J connectivity index is 2.06. The fraction of sp³-hybridized carbons (Fsp3) is 0.357. The van der Waals surface area contributed by atoms with Crippen LogP contribution in [0.1, 0.15) is 29.8 Å². The molecule has 0 fully saturated rings. The van der Waals surface area contributed by atoms with Gasteiger partial charge in [0.05, 0.1) is 6.04 Å². The predicted molar refractivity (Wildman–Crippen MR) is 83.6 cm³/mol. The standard InChI is InChI=1S/C14H17N3O2S2/c1-2-11-10-6-9-20-12(10)5-8-17(11)21(18,19)13-4-3-7-16-14(13)15/h3-4,6-7,9,11H,2,5,8H2,1H3,(H2,15,16). The third kappa shape index (κ3) is 2.35. The smallest absolute Gasteiger partial charge is 0.247 e. The van der Waals surface area contributed by atoms with Gasteiger partial charge in [0.2, 0.25) is 10.0 Å². The molecule has 0 bridgehead atoms. The van der Waals surface area contributed by atoms with E-state index in [9.17, 15) is 8.42 Å². The van der Waals surface area contributed by atoms with Crippen LogP contribution in [0.3, 0.4) is 0 Å². The van der Waals surface area contributed by atoms with Crippen molar-refractivity contribution >= 4 is 27.2 Å². The Morgan fingerprint density at radius 3 is 3.00 bits per heavy atom. The highest BCUT2D eigenvalue weighted by Gasteiger charge is 2.36. The first-order valence-corrected chi connectivity index (χ1v) is 9.16. The number of hydrogen-bond acceptors (Lipinski definition) is 5. The number of anilines is 1. The van der Waals surface area contributed by atoms with Gasteiger partial charge in [-0.05, 0) is 42.0 Å². The van der Waals surface area contributed by atoms with E-state index in [1.807, 2.05) is 18.4 Å². The molecule has 1 unspecified atom stereocenters. The van der Waals surface area contributed by atoms with Crippen LogP contribution in [0.4, 0.5) is 5.82 Å². The van der Waals surface area contributed by atoms with Crippen LogP contribution < -0.4 is 5.73 Å². The molecule has 0 saturated carbocycles. The predicted octanol–water partition coefficient (Wildman–Crippen LogP) is 2.42. The molecular weight excluding hydrogens is 306 g/mol. The highest BCUT2D eigenvalue weighted by molar-refractivity contribution is 7.89. The van der Waals surface area contributed by atoms with Crippen molar-refractivity contribution in [2.75, 3.05) is 12.3 Å². The van der Waals surface area contributed by atoms with Gasteiger partial charge in [-0.25, -0.2) is 13.4 Å². The van der Waals surface area contributed by atoms with Crippen molar-refractivity contribution in [3.63, 3.8) is 0 Å². The van der Waals surface area contributed by atoms with Gasteiger partial charge in [-0.3, -0.25) is 0 Å². The Morgan fingerprint density at radius 2 is 2.29 bits per heavy atom. The first kappa shape index (κ1) is 14.5. The first-order valence-electron chi connectivity index (χ1n) is 6.84. The van der Waals surface area contributed by atoms with Crippen LogP contribution in [0.15, 0.2) is 34.7 Å². The largest absolute Gasteiger partial charge is 0.383 e. The summed E-state index contributed by atoms with van der Waals surface area (Å²) in [5, 5.41) is 2.03. The van der Waals surface area contributed by atoms with Gasteiger partial charge >= 0.3 is 0 Å². The summed E-state index contributed by atoms with van der Waals surface area (Å²) >= 11 is 1.70. The van der Waals surface area contributed by atoms with Crippen LogP contribution in [-0.2, 0) is 16.4 Å². The molecule has 0 saturated heterocycles. The Hall–Kier alpha value is -1.44. The molecule has 1 aliphatic heterocycles. The minimum absolute atomic E-state index is 0.0588. The number of aromatic nitrogens is 1. The highest BCUT2D eigenvalue weighted by atomic mass is 32.2. The molecule has 5 nitrogen and oxygen atoms in total. The number of hydrogen-bond donors (Lipinski definition) is 1. The van der Waals surface area contributed by atoms with Gasteiger partial charge in [0, 0.05) is 17.6 Å². The van der Waals surface area contributed by atoms with Gasteiger partial charge in [-0.1, -0.05) is 6.92 Å². The van der Waals surface area contributed by atoms with E-state index in [0.717, 1.165) is 18.4 Å². The summed E-state index contributed by atoms with van der Waals surface area (Å²) in [6.07, 6.45) is 2.99. The van der Waals surface area contributed by atoms with Crippen LogP contribution in [0, 0.1) is 0 Å². The summed E-state index contributed by atoms with van der Waals surface area (Å²) < 4.78 is 27.4. The van der Waals surface area contributed by atoms with Crippen molar-refractivity contribution < 1.29 is 8.42 Å². The number of thiophene rings is 1. The number of pyridine rings is 1. The number of nitrogens with zero attached hydrogens (tertiary/aromatic N) is 2. The fourth-order valence-electron chi connectivity index (χ4n) is 2.83. The zero-order valence-corrected chi connectivity index (χ0v) is 13.3. The lowest BCUT2D eigenvalue weighted by atomic mass is 10.0. The average molecular weight is 323 g/mol. The molecule has 1 aliphatic rings. The maximum atomic E-state index is 12.9. The summed E-state index contributed by atoms with van der Waals surface area (Å²) in [5.41, 5.74) is 6.88. The molecule has 0 amide bonds. The molecule has 0 aromatic carbocycles. The van der Waals surface area contributed by atoms with Crippen molar-refractivity contribution in [1.82, 2.24) is 9.29 Å². The molecule has 3 heterocycles. The van der Waals surface area contributed by atoms with Gasteiger partial charge in [0.25, 0.3) is 0 Å². The average Bonchev–Trinajstić information content (AvgIpc) is 2.94. The number of nitrogens with two attached hydrogens (primary N) is 1. The third-order valence-electron chi connectivity index (χ3n) is 3.82. The minimum atomic E-state index is -3.62. The zero-order chi connectivity index (χ0) is 15.0. The third-order valence-corrected chi connectivity index (χ3v) is 6.77. The van der Waals surface area contributed by atoms with Crippen molar-refractivity contribution in [3.8, 4) is 0 Å². The molecule has 7 heteroatoms. The van der Waals surface area contributed by atoms with Gasteiger partial charge in [-0.15, -0.1) is 11.3 Å². The second-order valence-corrected chi connectivity index (χ2v) is 7.84. The van der Waals surface area contributed by atoms with Gasteiger partial charge in [0.15, 0.2) is 0 Å². The quantitative estimate of drug-likeness (QED) is 0.941. The van der Waals surface area contributed by atoms with Crippen LogP contribution in [0.2, 0.25) is 0 Å². The van der Waals surface area contributed by atoms with Gasteiger partial charge in [0.1, 0.15) is 10.7 Å². The van der Waals surface area contributed by atoms with E-state index in [1.54, 1.807) is 21.7 Å². The number of rotatable bonds is 3. The van der Waals surface area contributed by atoms with Crippen LogP contribution in [0.25, 0.3) is 0 Å². The molecule has 1 atom stereocenters. The normalized spacial score (nSPS) is 19.4. The lowest BCUT2D eigenvalue weighted by molar-refractivity contribution is 0.303. The summed E-state index contributed by atoms with van der Waals surface area (Å²) in [6, 6.07) is 5.03. The number of sulfonamides is 1. The van der Waals surface area contributed by atoms with E-state index in [-0.39, 0.29) is 16.8 Å². The van der Waals surface area contributed by atoms with Crippen LogP contribution in [0.5, 0.6) is 0 Å². The Kier molecular flexibility index (Phi) is 3.73. The van der Waals surface area contributed by atoms with Crippen LogP contribution in [-0.4, -0.2) is 24.3 Å². The molecule has 2 aromatic heterocycles. The van der Waals surface area contributed by atoms with E-state index in [0.29, 0.717) is 6.54 Å². The molecule has 0 radical (unpaired) electrons. The molecule has 21 heavy (non-hydrogen) atoms. The topological polar surface area (TPSA) is 76.3 Å². The van der Waals surface area contributed by atoms with Crippen molar-refractivity contribution in [1.29, 1.82) is 0 Å². The second-order valence-electron chi connectivity index (χ2n) is 4.98. The summed E-state index contributed by atoms with van der Waals surface area (Å²) in [7, 11) is -3.62. The Labute approximate surface area is 128 Å². The molecule has 0 spiro atoms. The van der Waals surface area contributed by atoms with Crippen molar-refractivity contribution in [3.05, 3.63) is 40.2 Å². The molecule has 0 aliphatic carbocycles. The van der Waals surface area contributed by atoms with Crippen molar-refractivity contribution in [2.45, 2.75) is 30.7 Å². The van der Waals surface area contributed by atoms with Crippen LogP contribution >= 0.6 is 11.3 Å². The monoisotopic (exact) mass is 323 g/mol. The number of nitrogen functional groups attached to an aromatic ring is 1. The molecule has 2 aromatic rings. The Morgan fingerprint density at radius 1 is 1.48 bits per heavy atom. The first-order chi connectivity index (χ1) is 10.1. The lowest BCUT2D eigenvalue weighted by Crippen LogP contribution is -2.39. The molecule has 3 rings (SSSR count). The minimum Gasteiger partial charge on any atom is -0.383 e. The highest BCUT2D eigenvalue weighted by Crippen LogP contribution is 2.38. The molecule has 112 valence electrons. The Bertz CT molecular complexity index is 755. The lowest BCUT2D eigenvalue weighted by Gasteiger charge is -2.34. The van der Waals surface area contributed by atoms with Gasteiger partial charge in [-0.2, -0.15) is 4.31 Å². The maximum absolute atomic E-state index is 12.9. The second kappa shape index (κ2) is 5.40. The summed E-state index contributed by atoms with van der Waals surface area (Å²) in [4.78, 5) is 5.28. The van der Waals surface area contributed by atoms with E-state index in [4.69, 9.17) is 5.73 Å². The maximum Gasteiger partial charge on any atom is 0.247 e. The van der Waals surface area contributed by atoms with E-state index < -0.39 is 10.0 Å². The SMILES string of the molecule is CCC1c2ccsc2CCN1S(=O)(=O)c1cccnc1N. The number of fused-ring (bicyclic) bond motifs is 1. The summed E-state index contributed by atoms with van der Waals surface area (Å²) in [6.45, 7) is 2.50. The molecular formula is C14H17N3O2S2. The summed E-state index contributed by atoms with van der Waals surface area (Å²) in [5.74, 6) is 0.0588. The van der Waals surface area contributed by atoms with E-state index in [2.05, 4.69) is 4.98 Å². The van der Waals surface area contributed by atoms with E-state index in [1.165, 1.54) is 17.1 Å². The molecule has 2 N–H and O–H groups in total. The van der Waals surface area contributed by atoms with Crippen molar-refractivity contribution in [2.24, 2.45) is 0 Å². The van der Waals surface area contributed by atoms with Gasteiger partial charge < -0.3 is 5.73 Å². The van der Waals surface area contributed by atoms with E-state index >= 15 is 0 Å². The zero-order valence-electron chi connectivity index (χ0n) is 11.7.